The van der Waals surface area contributed by atoms with Crippen LogP contribution in [0.3, 0.4) is 0 Å². The number of carbonyl (C=O) groups excluding carboxylic acids is 2. The Morgan fingerprint density at radius 2 is 1.64 bits per heavy atom. The van der Waals surface area contributed by atoms with Gasteiger partial charge >= 0.3 is 0 Å². The van der Waals surface area contributed by atoms with Gasteiger partial charge in [-0.1, -0.05) is 23.2 Å². The second kappa shape index (κ2) is 4.11. The van der Waals surface area contributed by atoms with E-state index in [1.807, 2.05) is 0 Å². The molecule has 1 aromatic carbocycles. The molecule has 0 aliphatic carbocycles. The van der Waals surface area contributed by atoms with E-state index in [2.05, 4.69) is 0 Å². The van der Waals surface area contributed by atoms with Crippen molar-refractivity contribution < 1.29 is 9.59 Å². The summed E-state index contributed by atoms with van der Waals surface area (Å²) in [6, 6.07) is 2.90. The summed E-state index contributed by atoms with van der Waals surface area (Å²) in [7, 11) is 0. The lowest BCUT2D eigenvalue weighted by Gasteiger charge is -2.06. The fourth-order valence-corrected chi connectivity index (χ4v) is 1.84. The summed E-state index contributed by atoms with van der Waals surface area (Å²) in [5, 5.41) is 0.570. The molecule has 0 amide bonds. The molecule has 14 heavy (non-hydrogen) atoms. The molecule has 0 N–H and O–H groups in total. The average Bonchev–Trinajstić information content (AvgIpc) is 2.01. The quantitative estimate of drug-likeness (QED) is 0.731. The van der Waals surface area contributed by atoms with Crippen LogP contribution in [0, 0.1) is 0 Å². The lowest BCUT2D eigenvalue weighted by molar-refractivity contribution is 0.0981. The van der Waals surface area contributed by atoms with Gasteiger partial charge in [-0.3, -0.25) is 9.59 Å². The number of hydrogen-bond donors (Lipinski definition) is 0. The zero-order valence-electron chi connectivity index (χ0n) is 7.73. The van der Waals surface area contributed by atoms with Crippen LogP contribution >= 0.6 is 23.2 Å². The van der Waals surface area contributed by atoms with Gasteiger partial charge in [0, 0.05) is 16.1 Å². The molecule has 0 unspecified atom stereocenters. The molecular formula is C10H8Cl2O2. The van der Waals surface area contributed by atoms with Crippen molar-refractivity contribution in [3.8, 4) is 0 Å². The van der Waals surface area contributed by atoms with Gasteiger partial charge < -0.3 is 0 Å². The highest BCUT2D eigenvalue weighted by Gasteiger charge is 2.15. The summed E-state index contributed by atoms with van der Waals surface area (Å²) in [5.74, 6) is -0.462. The Morgan fingerprint density at radius 3 is 2.07 bits per heavy atom. The number of carbonyl (C=O) groups is 2. The van der Waals surface area contributed by atoms with Crippen molar-refractivity contribution in [1.82, 2.24) is 0 Å². The predicted octanol–water partition coefficient (Wildman–Crippen LogP) is 3.40. The van der Waals surface area contributed by atoms with Crippen LogP contribution in [-0.4, -0.2) is 11.6 Å². The van der Waals surface area contributed by atoms with Gasteiger partial charge in [0.05, 0.1) is 5.02 Å². The molecule has 0 saturated heterocycles. The Labute approximate surface area is 91.8 Å². The van der Waals surface area contributed by atoms with Gasteiger partial charge in [0.15, 0.2) is 11.6 Å². The Bertz CT molecular complexity index is 411. The number of benzene rings is 1. The first-order chi connectivity index (χ1) is 6.43. The maximum atomic E-state index is 11.2. The van der Waals surface area contributed by atoms with Crippen molar-refractivity contribution in [2.45, 2.75) is 13.8 Å². The van der Waals surface area contributed by atoms with E-state index in [0.29, 0.717) is 5.02 Å². The van der Waals surface area contributed by atoms with E-state index in [-0.39, 0.29) is 27.7 Å². The Hall–Kier alpha value is -0.860. The molecule has 0 heterocycles. The van der Waals surface area contributed by atoms with Crippen LogP contribution < -0.4 is 0 Å². The standard InChI is InChI=1S/C10H8Cl2O2/c1-5(13)8-3-7(11)4-9(12)10(8)6(2)14/h3-4H,1-2H3. The molecule has 4 heteroatoms. The molecule has 0 aromatic heterocycles. The maximum absolute atomic E-state index is 11.2. The summed E-state index contributed by atoms with van der Waals surface area (Å²) < 4.78 is 0. The zero-order valence-corrected chi connectivity index (χ0v) is 9.24. The largest absolute Gasteiger partial charge is 0.294 e. The van der Waals surface area contributed by atoms with Crippen LogP contribution in [-0.2, 0) is 0 Å². The van der Waals surface area contributed by atoms with Crippen LogP contribution in [0.5, 0.6) is 0 Å². The molecule has 1 aromatic rings. The second-order valence-electron chi connectivity index (χ2n) is 2.92. The smallest absolute Gasteiger partial charge is 0.162 e. The lowest BCUT2D eigenvalue weighted by Crippen LogP contribution is -2.04. The van der Waals surface area contributed by atoms with E-state index in [0.717, 1.165) is 0 Å². The van der Waals surface area contributed by atoms with Crippen LogP contribution in [0.4, 0.5) is 0 Å². The average molecular weight is 231 g/mol. The molecule has 2 nitrogen and oxygen atoms in total. The van der Waals surface area contributed by atoms with E-state index in [4.69, 9.17) is 23.2 Å². The third-order valence-corrected chi connectivity index (χ3v) is 2.30. The minimum Gasteiger partial charge on any atom is -0.294 e. The highest BCUT2D eigenvalue weighted by Crippen LogP contribution is 2.26. The van der Waals surface area contributed by atoms with Gasteiger partial charge in [-0.05, 0) is 26.0 Å². The summed E-state index contributed by atoms with van der Waals surface area (Å²) in [6.45, 7) is 2.73. The first kappa shape index (κ1) is 11.2. The first-order valence-electron chi connectivity index (χ1n) is 3.94. The summed E-state index contributed by atoms with van der Waals surface area (Å²) in [6.07, 6.45) is 0. The van der Waals surface area contributed by atoms with E-state index < -0.39 is 0 Å². The molecule has 0 fully saturated rings. The van der Waals surface area contributed by atoms with Gasteiger partial charge in [0.1, 0.15) is 0 Å². The zero-order chi connectivity index (χ0) is 10.9. The van der Waals surface area contributed by atoms with Crippen LogP contribution in [0.25, 0.3) is 0 Å². The number of hydrogen-bond acceptors (Lipinski definition) is 2. The van der Waals surface area contributed by atoms with Crippen molar-refractivity contribution in [2.24, 2.45) is 0 Å². The summed E-state index contributed by atoms with van der Waals surface area (Å²) in [4.78, 5) is 22.4. The van der Waals surface area contributed by atoms with Gasteiger partial charge in [0.25, 0.3) is 0 Å². The molecule has 0 bridgehead atoms. The maximum Gasteiger partial charge on any atom is 0.162 e. The fraction of sp³-hybridized carbons (Fsp3) is 0.200. The SMILES string of the molecule is CC(=O)c1cc(Cl)cc(Cl)c1C(C)=O. The van der Waals surface area contributed by atoms with Crippen molar-refractivity contribution in [2.75, 3.05) is 0 Å². The molecule has 74 valence electrons. The molecule has 0 saturated carbocycles. The van der Waals surface area contributed by atoms with Gasteiger partial charge in [-0.15, -0.1) is 0 Å². The first-order valence-corrected chi connectivity index (χ1v) is 4.70. The van der Waals surface area contributed by atoms with E-state index in [9.17, 15) is 9.59 Å². The minimum atomic E-state index is -0.239. The molecule has 0 spiro atoms. The second-order valence-corrected chi connectivity index (χ2v) is 3.77. The molecular weight excluding hydrogens is 223 g/mol. The highest BCUT2D eigenvalue weighted by molar-refractivity contribution is 6.38. The van der Waals surface area contributed by atoms with E-state index >= 15 is 0 Å². The molecule has 0 radical (unpaired) electrons. The summed E-state index contributed by atoms with van der Waals surface area (Å²) in [5.41, 5.74) is 0.513. The van der Waals surface area contributed by atoms with Crippen LogP contribution in [0.1, 0.15) is 34.6 Å². The van der Waals surface area contributed by atoms with Gasteiger partial charge in [-0.2, -0.15) is 0 Å². The lowest BCUT2D eigenvalue weighted by atomic mass is 10.0. The topological polar surface area (TPSA) is 34.1 Å². The minimum absolute atomic E-state index is 0.218. The van der Waals surface area contributed by atoms with Crippen molar-refractivity contribution in [3.05, 3.63) is 33.3 Å². The van der Waals surface area contributed by atoms with Crippen LogP contribution in [0.2, 0.25) is 10.0 Å². The predicted molar refractivity (Wildman–Crippen MR) is 56.5 cm³/mol. The van der Waals surface area contributed by atoms with Crippen molar-refractivity contribution in [3.63, 3.8) is 0 Å². The summed E-state index contributed by atoms with van der Waals surface area (Å²) >= 11 is 11.5. The normalized spacial score (nSPS) is 10.0. The van der Waals surface area contributed by atoms with Gasteiger partial charge in [0.2, 0.25) is 0 Å². The Kier molecular flexibility index (Phi) is 3.29. The Balaban J connectivity index is 3.52. The molecule has 0 aliphatic heterocycles. The fourth-order valence-electron chi connectivity index (χ4n) is 1.21. The number of rotatable bonds is 2. The monoisotopic (exact) mass is 230 g/mol. The molecule has 0 aliphatic rings. The number of halogens is 2. The highest BCUT2D eigenvalue weighted by atomic mass is 35.5. The third-order valence-electron chi connectivity index (χ3n) is 1.79. The van der Waals surface area contributed by atoms with Crippen LogP contribution in [0.15, 0.2) is 12.1 Å². The molecule has 0 atom stereocenters. The molecule has 1 rings (SSSR count). The van der Waals surface area contributed by atoms with Crippen molar-refractivity contribution in [1.29, 1.82) is 0 Å². The number of Topliss-reactive ketones (excluding diaryl/α,β-unsaturated/α-hetero) is 2. The van der Waals surface area contributed by atoms with E-state index in [1.54, 1.807) is 0 Å². The Morgan fingerprint density at radius 1 is 1.07 bits per heavy atom. The third kappa shape index (κ3) is 2.14. The van der Waals surface area contributed by atoms with Gasteiger partial charge in [-0.25, -0.2) is 0 Å². The number of ketones is 2. The van der Waals surface area contributed by atoms with E-state index in [1.165, 1.54) is 26.0 Å². The van der Waals surface area contributed by atoms with Crippen molar-refractivity contribution >= 4 is 34.8 Å².